The highest BCUT2D eigenvalue weighted by Crippen LogP contribution is 2.17. The maximum atomic E-state index is 12.2. The van der Waals surface area contributed by atoms with Gasteiger partial charge in [-0.25, -0.2) is 8.42 Å². The van der Waals surface area contributed by atoms with Crippen LogP contribution < -0.4 is 10.1 Å². The summed E-state index contributed by atoms with van der Waals surface area (Å²) < 4.78 is 28.6. The van der Waals surface area contributed by atoms with Crippen molar-refractivity contribution >= 4 is 28.2 Å². The number of amides is 1. The fourth-order valence-electron chi connectivity index (χ4n) is 2.57. The molecule has 2 atom stereocenters. The van der Waals surface area contributed by atoms with E-state index in [1.54, 1.807) is 24.1 Å². The van der Waals surface area contributed by atoms with Crippen LogP contribution in [-0.2, 0) is 14.6 Å². The first kappa shape index (κ1) is 21.7. The molecule has 1 saturated heterocycles. The molecule has 1 aromatic rings. The van der Waals surface area contributed by atoms with Crippen LogP contribution in [0.1, 0.15) is 12.8 Å². The molecule has 0 aromatic heterocycles. The molecule has 0 aliphatic carbocycles. The van der Waals surface area contributed by atoms with Gasteiger partial charge in [-0.15, -0.1) is 12.4 Å². The highest BCUT2D eigenvalue weighted by Gasteiger charge is 2.29. The summed E-state index contributed by atoms with van der Waals surface area (Å²) in [7, 11) is -1.53. The molecule has 1 aliphatic rings. The number of nitrogens with one attached hydrogen (secondary N) is 1. The van der Waals surface area contributed by atoms with Crippen LogP contribution >= 0.6 is 12.4 Å². The average molecular weight is 393 g/mol. The van der Waals surface area contributed by atoms with Gasteiger partial charge in [0.1, 0.15) is 5.75 Å². The SMILES string of the molecule is CN(CCCOc1cccc(S(C)(=O)=O)c1)C(=O)C1CC(O)CN1.Cl. The van der Waals surface area contributed by atoms with E-state index in [9.17, 15) is 18.3 Å². The van der Waals surface area contributed by atoms with Crippen molar-refractivity contribution in [2.45, 2.75) is 29.9 Å². The summed E-state index contributed by atoms with van der Waals surface area (Å²) in [5.41, 5.74) is 0. The van der Waals surface area contributed by atoms with Crippen molar-refractivity contribution in [1.82, 2.24) is 10.2 Å². The molecule has 25 heavy (non-hydrogen) atoms. The van der Waals surface area contributed by atoms with E-state index in [2.05, 4.69) is 5.32 Å². The quantitative estimate of drug-likeness (QED) is 0.654. The number of sulfone groups is 1. The zero-order chi connectivity index (χ0) is 17.7. The van der Waals surface area contributed by atoms with Crippen molar-refractivity contribution in [3.05, 3.63) is 24.3 Å². The largest absolute Gasteiger partial charge is 0.493 e. The third-order valence-electron chi connectivity index (χ3n) is 3.92. The van der Waals surface area contributed by atoms with Crippen LogP contribution in [0.15, 0.2) is 29.2 Å². The number of hydrogen-bond donors (Lipinski definition) is 2. The minimum Gasteiger partial charge on any atom is -0.493 e. The number of aliphatic hydroxyl groups is 1. The van der Waals surface area contributed by atoms with Gasteiger partial charge >= 0.3 is 0 Å². The second-order valence-corrected chi connectivity index (χ2v) is 8.07. The number of likely N-dealkylation sites (N-methyl/N-ethyl adjacent to an activating group) is 1. The number of carbonyl (C=O) groups excluding carboxylic acids is 1. The lowest BCUT2D eigenvalue weighted by molar-refractivity contribution is -0.132. The molecule has 0 spiro atoms. The first-order chi connectivity index (χ1) is 11.3. The molecule has 2 rings (SSSR count). The van der Waals surface area contributed by atoms with E-state index in [1.807, 2.05) is 0 Å². The summed E-state index contributed by atoms with van der Waals surface area (Å²) in [6.07, 6.45) is 1.76. The molecular formula is C16H25ClN2O5S. The molecule has 142 valence electrons. The lowest BCUT2D eigenvalue weighted by Gasteiger charge is -2.21. The molecule has 9 heteroatoms. The number of nitrogens with zero attached hydrogens (tertiary/aromatic N) is 1. The van der Waals surface area contributed by atoms with Crippen molar-refractivity contribution < 1.29 is 23.1 Å². The van der Waals surface area contributed by atoms with Gasteiger partial charge in [-0.05, 0) is 31.0 Å². The van der Waals surface area contributed by atoms with Gasteiger partial charge in [-0.3, -0.25) is 4.79 Å². The van der Waals surface area contributed by atoms with Crippen molar-refractivity contribution in [3.63, 3.8) is 0 Å². The minimum absolute atomic E-state index is 0. The second kappa shape index (κ2) is 9.38. The Morgan fingerprint density at radius 1 is 1.44 bits per heavy atom. The van der Waals surface area contributed by atoms with E-state index >= 15 is 0 Å². The van der Waals surface area contributed by atoms with E-state index in [0.29, 0.717) is 38.3 Å². The van der Waals surface area contributed by atoms with Crippen LogP contribution in [0.5, 0.6) is 5.75 Å². The van der Waals surface area contributed by atoms with Crippen LogP contribution in [0.2, 0.25) is 0 Å². The number of aliphatic hydroxyl groups excluding tert-OH is 1. The van der Waals surface area contributed by atoms with Crippen molar-refractivity contribution in [1.29, 1.82) is 0 Å². The van der Waals surface area contributed by atoms with Crippen LogP contribution in [0.3, 0.4) is 0 Å². The third kappa shape index (κ3) is 6.47. The summed E-state index contributed by atoms with van der Waals surface area (Å²) >= 11 is 0. The lowest BCUT2D eigenvalue weighted by Crippen LogP contribution is -2.42. The number of carbonyl (C=O) groups is 1. The Kier molecular flexibility index (Phi) is 8.14. The zero-order valence-corrected chi connectivity index (χ0v) is 16.0. The van der Waals surface area contributed by atoms with Crippen molar-refractivity contribution in [2.75, 3.05) is 33.0 Å². The van der Waals surface area contributed by atoms with E-state index in [1.165, 1.54) is 12.1 Å². The van der Waals surface area contributed by atoms with E-state index in [0.717, 1.165) is 6.26 Å². The third-order valence-corrected chi connectivity index (χ3v) is 5.03. The molecule has 0 saturated carbocycles. The molecule has 1 aromatic carbocycles. The molecule has 0 radical (unpaired) electrons. The molecule has 1 fully saturated rings. The molecule has 2 N–H and O–H groups in total. The Morgan fingerprint density at radius 2 is 2.16 bits per heavy atom. The first-order valence-electron chi connectivity index (χ1n) is 7.86. The topological polar surface area (TPSA) is 95.9 Å². The number of halogens is 1. The standard InChI is InChI=1S/C16H24N2O5S.ClH/c1-18(16(20)15-9-12(19)11-17-15)7-4-8-23-13-5-3-6-14(10-13)24(2,21)22;/h3,5-6,10,12,15,17,19H,4,7-9,11H2,1-2H3;1H. The summed E-state index contributed by atoms with van der Waals surface area (Å²) in [5, 5.41) is 12.4. The normalized spacial score (nSPS) is 20.0. The molecule has 1 amide bonds. The van der Waals surface area contributed by atoms with Crippen LogP contribution in [-0.4, -0.2) is 69.5 Å². The number of hydrogen-bond acceptors (Lipinski definition) is 6. The Balaban J connectivity index is 0.00000312. The number of rotatable bonds is 7. The molecular weight excluding hydrogens is 368 g/mol. The predicted molar refractivity (Wildman–Crippen MR) is 97.0 cm³/mol. The van der Waals surface area contributed by atoms with Gasteiger partial charge < -0.3 is 20.1 Å². The van der Waals surface area contributed by atoms with Gasteiger partial charge in [0.15, 0.2) is 9.84 Å². The van der Waals surface area contributed by atoms with Gasteiger partial charge in [0, 0.05) is 26.4 Å². The van der Waals surface area contributed by atoms with E-state index < -0.39 is 15.9 Å². The molecule has 0 bridgehead atoms. The number of β-amino-alcohol motifs (C(OH)–C–C–N with tert-alkyl or cyclic N) is 1. The van der Waals surface area contributed by atoms with E-state index in [4.69, 9.17) is 4.74 Å². The molecule has 1 aliphatic heterocycles. The van der Waals surface area contributed by atoms with Gasteiger partial charge in [0.05, 0.1) is 23.6 Å². The Labute approximate surface area is 154 Å². The fourth-order valence-corrected chi connectivity index (χ4v) is 3.22. The Hall–Kier alpha value is -1.35. The van der Waals surface area contributed by atoms with Crippen LogP contribution in [0.25, 0.3) is 0 Å². The summed E-state index contributed by atoms with van der Waals surface area (Å²) in [6, 6.07) is 6.04. The first-order valence-corrected chi connectivity index (χ1v) is 9.76. The Bertz CT molecular complexity index is 683. The van der Waals surface area contributed by atoms with Gasteiger partial charge in [-0.2, -0.15) is 0 Å². The molecule has 7 nitrogen and oxygen atoms in total. The lowest BCUT2D eigenvalue weighted by atomic mass is 10.2. The minimum atomic E-state index is -3.25. The predicted octanol–water partition coefficient (Wildman–Crippen LogP) is 0.462. The highest BCUT2D eigenvalue weighted by atomic mass is 35.5. The van der Waals surface area contributed by atoms with Crippen molar-refractivity contribution in [3.8, 4) is 5.75 Å². The van der Waals surface area contributed by atoms with Gasteiger partial charge in [-0.1, -0.05) is 6.07 Å². The maximum absolute atomic E-state index is 12.2. The average Bonchev–Trinajstić information content (AvgIpc) is 2.96. The highest BCUT2D eigenvalue weighted by molar-refractivity contribution is 7.90. The summed E-state index contributed by atoms with van der Waals surface area (Å²) in [6.45, 7) is 1.36. The van der Waals surface area contributed by atoms with Crippen LogP contribution in [0.4, 0.5) is 0 Å². The second-order valence-electron chi connectivity index (χ2n) is 6.06. The Morgan fingerprint density at radius 3 is 2.76 bits per heavy atom. The smallest absolute Gasteiger partial charge is 0.239 e. The van der Waals surface area contributed by atoms with E-state index in [-0.39, 0.29) is 29.3 Å². The number of benzene rings is 1. The van der Waals surface area contributed by atoms with Gasteiger partial charge in [0.2, 0.25) is 5.91 Å². The van der Waals surface area contributed by atoms with Crippen LogP contribution in [0, 0.1) is 0 Å². The monoisotopic (exact) mass is 392 g/mol. The van der Waals surface area contributed by atoms with Crippen molar-refractivity contribution in [2.24, 2.45) is 0 Å². The molecule has 1 heterocycles. The zero-order valence-electron chi connectivity index (χ0n) is 14.3. The number of ether oxygens (including phenoxy) is 1. The summed E-state index contributed by atoms with van der Waals surface area (Å²) in [4.78, 5) is 14.0. The fraction of sp³-hybridized carbons (Fsp3) is 0.562. The summed E-state index contributed by atoms with van der Waals surface area (Å²) in [5.74, 6) is 0.457. The maximum Gasteiger partial charge on any atom is 0.239 e. The van der Waals surface area contributed by atoms with Gasteiger partial charge in [0.25, 0.3) is 0 Å². The molecule has 2 unspecified atom stereocenters.